The van der Waals surface area contributed by atoms with E-state index < -0.39 is 10.0 Å². The molecule has 0 unspecified atom stereocenters. The molecule has 1 amide bonds. The summed E-state index contributed by atoms with van der Waals surface area (Å²) in [5, 5.41) is 7.80. The quantitative estimate of drug-likeness (QED) is 0.870. The van der Waals surface area contributed by atoms with E-state index in [1.165, 1.54) is 6.07 Å². The first-order valence-corrected chi connectivity index (χ1v) is 7.82. The van der Waals surface area contributed by atoms with Gasteiger partial charge in [-0.15, -0.1) is 11.3 Å². The van der Waals surface area contributed by atoms with Crippen molar-refractivity contribution in [3.8, 4) is 0 Å². The largest absolute Gasteiger partial charge is 0.355 e. The van der Waals surface area contributed by atoms with Gasteiger partial charge in [-0.25, -0.2) is 13.6 Å². The standard InChI is InChI=1S/C11H18N2O3S2/c1-11(2,3)7-13-9(14)6-8-4-5-10(17-8)18(12,15)16/h4-5H,6-7H2,1-3H3,(H,13,14)(H2,12,15,16). The molecule has 0 bridgehead atoms. The van der Waals surface area contributed by atoms with Crippen molar-refractivity contribution in [3.05, 3.63) is 17.0 Å². The summed E-state index contributed by atoms with van der Waals surface area (Å²) < 4.78 is 22.2. The lowest BCUT2D eigenvalue weighted by Crippen LogP contribution is -2.33. The molecule has 0 radical (unpaired) electrons. The highest BCUT2D eigenvalue weighted by Crippen LogP contribution is 2.20. The molecule has 1 heterocycles. The molecule has 18 heavy (non-hydrogen) atoms. The molecule has 7 heteroatoms. The predicted molar refractivity (Wildman–Crippen MR) is 71.9 cm³/mol. The van der Waals surface area contributed by atoms with Gasteiger partial charge in [0, 0.05) is 11.4 Å². The average Bonchev–Trinajstić information content (AvgIpc) is 2.61. The third kappa shape index (κ3) is 5.16. The Balaban J connectivity index is 2.58. The van der Waals surface area contributed by atoms with Crippen LogP contribution >= 0.6 is 11.3 Å². The Labute approximate surface area is 111 Å². The molecule has 0 fully saturated rings. The van der Waals surface area contributed by atoms with Gasteiger partial charge in [-0.05, 0) is 17.5 Å². The van der Waals surface area contributed by atoms with Gasteiger partial charge in [-0.1, -0.05) is 20.8 Å². The normalized spacial score (nSPS) is 12.4. The summed E-state index contributed by atoms with van der Waals surface area (Å²) in [5.41, 5.74) is 0.0247. The van der Waals surface area contributed by atoms with Gasteiger partial charge in [-0.2, -0.15) is 0 Å². The number of carbonyl (C=O) groups excluding carboxylic acids is 1. The molecule has 1 aromatic rings. The molecule has 0 atom stereocenters. The van der Waals surface area contributed by atoms with Crippen molar-refractivity contribution in [2.24, 2.45) is 10.6 Å². The van der Waals surface area contributed by atoms with E-state index in [1.807, 2.05) is 20.8 Å². The van der Waals surface area contributed by atoms with Crippen LogP contribution in [-0.2, 0) is 21.2 Å². The number of nitrogens with two attached hydrogens (primary N) is 1. The summed E-state index contributed by atoms with van der Waals surface area (Å²) in [6.45, 7) is 6.66. The third-order valence-electron chi connectivity index (χ3n) is 2.07. The number of rotatable bonds is 4. The number of thiophene rings is 1. The maximum Gasteiger partial charge on any atom is 0.247 e. The van der Waals surface area contributed by atoms with E-state index in [4.69, 9.17) is 5.14 Å². The Morgan fingerprint density at radius 2 is 2.00 bits per heavy atom. The Kier molecular flexibility index (Phi) is 4.52. The minimum absolute atomic E-state index is 0.0247. The average molecular weight is 290 g/mol. The van der Waals surface area contributed by atoms with Crippen LogP contribution in [0.4, 0.5) is 0 Å². The summed E-state index contributed by atoms with van der Waals surface area (Å²) in [4.78, 5) is 12.3. The van der Waals surface area contributed by atoms with Crippen molar-refractivity contribution in [1.29, 1.82) is 0 Å². The number of hydrogen-bond donors (Lipinski definition) is 2. The van der Waals surface area contributed by atoms with Crippen molar-refractivity contribution in [2.75, 3.05) is 6.54 Å². The number of sulfonamides is 1. The van der Waals surface area contributed by atoms with Crippen molar-refractivity contribution in [2.45, 2.75) is 31.4 Å². The SMILES string of the molecule is CC(C)(C)CNC(=O)Cc1ccc(S(N)(=O)=O)s1. The van der Waals surface area contributed by atoms with Crippen molar-refractivity contribution >= 4 is 27.3 Å². The van der Waals surface area contributed by atoms with Gasteiger partial charge < -0.3 is 5.32 Å². The van der Waals surface area contributed by atoms with Gasteiger partial charge >= 0.3 is 0 Å². The molecule has 1 aromatic heterocycles. The first-order valence-electron chi connectivity index (χ1n) is 5.46. The second-order valence-corrected chi connectivity index (χ2v) is 8.24. The van der Waals surface area contributed by atoms with Crippen LogP contribution in [-0.4, -0.2) is 20.9 Å². The molecule has 3 N–H and O–H groups in total. The van der Waals surface area contributed by atoms with Crippen LogP contribution in [0.5, 0.6) is 0 Å². The summed E-state index contributed by atoms with van der Waals surface area (Å²) in [5.74, 6) is -0.118. The summed E-state index contributed by atoms with van der Waals surface area (Å²) in [6, 6.07) is 3.04. The van der Waals surface area contributed by atoms with Crippen molar-refractivity contribution in [1.82, 2.24) is 5.32 Å². The Morgan fingerprint density at radius 3 is 2.44 bits per heavy atom. The van der Waals surface area contributed by atoms with E-state index in [0.29, 0.717) is 11.4 Å². The van der Waals surface area contributed by atoms with Crippen LogP contribution in [0.25, 0.3) is 0 Å². The lowest BCUT2D eigenvalue weighted by molar-refractivity contribution is -0.120. The van der Waals surface area contributed by atoms with Gasteiger partial charge in [0.15, 0.2) is 0 Å². The topological polar surface area (TPSA) is 89.3 Å². The van der Waals surface area contributed by atoms with E-state index in [-0.39, 0.29) is 22.0 Å². The van der Waals surface area contributed by atoms with Gasteiger partial charge in [0.25, 0.3) is 0 Å². The first kappa shape index (κ1) is 15.1. The second-order valence-electron chi connectivity index (χ2n) is 5.28. The van der Waals surface area contributed by atoms with Gasteiger partial charge in [0.2, 0.25) is 15.9 Å². The first-order chi connectivity index (χ1) is 8.08. The van der Waals surface area contributed by atoms with E-state index in [1.54, 1.807) is 6.07 Å². The summed E-state index contributed by atoms with van der Waals surface area (Å²) in [6.07, 6.45) is 0.177. The van der Waals surface area contributed by atoms with E-state index in [2.05, 4.69) is 5.32 Å². The highest BCUT2D eigenvalue weighted by molar-refractivity contribution is 7.91. The smallest absolute Gasteiger partial charge is 0.247 e. The van der Waals surface area contributed by atoms with E-state index >= 15 is 0 Å². The minimum atomic E-state index is -3.67. The molecule has 102 valence electrons. The number of amides is 1. The van der Waals surface area contributed by atoms with Crippen LogP contribution in [0.3, 0.4) is 0 Å². The van der Waals surface area contributed by atoms with Gasteiger partial charge in [0.05, 0.1) is 6.42 Å². The fourth-order valence-electron chi connectivity index (χ4n) is 1.19. The van der Waals surface area contributed by atoms with Crippen LogP contribution in [0, 0.1) is 5.41 Å². The molecule has 0 aromatic carbocycles. The lowest BCUT2D eigenvalue weighted by atomic mass is 9.97. The highest BCUT2D eigenvalue weighted by Gasteiger charge is 2.15. The molecule has 0 saturated heterocycles. The third-order valence-corrected chi connectivity index (χ3v) is 4.59. The van der Waals surface area contributed by atoms with E-state index in [0.717, 1.165) is 11.3 Å². The number of hydrogen-bond acceptors (Lipinski definition) is 4. The molecule has 0 spiro atoms. The Bertz CT molecular complexity index is 527. The molecular weight excluding hydrogens is 272 g/mol. The van der Waals surface area contributed by atoms with E-state index in [9.17, 15) is 13.2 Å². The molecule has 0 aliphatic carbocycles. The van der Waals surface area contributed by atoms with Crippen molar-refractivity contribution in [3.63, 3.8) is 0 Å². The summed E-state index contributed by atoms with van der Waals surface area (Å²) >= 11 is 1.03. The molecule has 0 saturated carbocycles. The van der Waals surface area contributed by atoms with Crippen LogP contribution < -0.4 is 10.5 Å². The fourth-order valence-corrected chi connectivity index (χ4v) is 2.97. The molecule has 5 nitrogen and oxygen atoms in total. The molecule has 0 aliphatic rings. The number of primary sulfonamides is 1. The Morgan fingerprint density at radius 1 is 1.39 bits per heavy atom. The second kappa shape index (κ2) is 5.38. The zero-order chi connectivity index (χ0) is 14.0. The van der Waals surface area contributed by atoms with Gasteiger partial charge in [0.1, 0.15) is 4.21 Å². The number of carbonyl (C=O) groups is 1. The summed E-state index contributed by atoms with van der Waals surface area (Å²) in [7, 11) is -3.67. The predicted octanol–water partition coefficient (Wildman–Crippen LogP) is 1.10. The zero-order valence-corrected chi connectivity index (χ0v) is 12.3. The monoisotopic (exact) mass is 290 g/mol. The fraction of sp³-hybridized carbons (Fsp3) is 0.545. The maximum atomic E-state index is 11.6. The number of nitrogens with one attached hydrogen (secondary N) is 1. The van der Waals surface area contributed by atoms with Crippen LogP contribution in [0.2, 0.25) is 0 Å². The Hall–Kier alpha value is -0.920. The maximum absolute atomic E-state index is 11.6. The molecular formula is C11H18N2O3S2. The molecule has 1 rings (SSSR count). The van der Waals surface area contributed by atoms with Crippen LogP contribution in [0.1, 0.15) is 25.6 Å². The van der Waals surface area contributed by atoms with Crippen LogP contribution in [0.15, 0.2) is 16.3 Å². The van der Waals surface area contributed by atoms with Crippen molar-refractivity contribution < 1.29 is 13.2 Å². The lowest BCUT2D eigenvalue weighted by Gasteiger charge is -2.18. The van der Waals surface area contributed by atoms with Gasteiger partial charge in [-0.3, -0.25) is 4.79 Å². The zero-order valence-electron chi connectivity index (χ0n) is 10.7. The minimum Gasteiger partial charge on any atom is -0.355 e. The highest BCUT2D eigenvalue weighted by atomic mass is 32.2. The molecule has 0 aliphatic heterocycles.